The number of aromatic nitrogens is 1. The van der Waals surface area contributed by atoms with E-state index in [4.69, 9.17) is 4.74 Å². The van der Waals surface area contributed by atoms with Crippen LogP contribution in [0.15, 0.2) is 47.6 Å². The van der Waals surface area contributed by atoms with Crippen molar-refractivity contribution >= 4 is 41.7 Å². The van der Waals surface area contributed by atoms with Crippen molar-refractivity contribution in [1.82, 2.24) is 15.6 Å². The highest BCUT2D eigenvalue weighted by Gasteiger charge is 2.05. The van der Waals surface area contributed by atoms with Crippen molar-refractivity contribution in [2.24, 2.45) is 4.99 Å². The molecule has 0 saturated carbocycles. The number of benzene rings is 1. The number of aliphatic imine (C=N–C) groups is 1. The summed E-state index contributed by atoms with van der Waals surface area (Å²) in [5.74, 6) is 2.00. The molecule has 8 heteroatoms. The molecule has 0 aliphatic heterocycles. The fourth-order valence-corrected chi connectivity index (χ4v) is 2.49. The summed E-state index contributed by atoms with van der Waals surface area (Å²) >= 11 is 0. The lowest BCUT2D eigenvalue weighted by Gasteiger charge is -2.13. The van der Waals surface area contributed by atoms with E-state index < -0.39 is 0 Å². The summed E-state index contributed by atoms with van der Waals surface area (Å²) in [7, 11) is 3.37. The molecular weight excluding hydrogens is 469 g/mol. The number of nitrogens with one attached hydrogen (secondary N) is 3. The van der Waals surface area contributed by atoms with Crippen LogP contribution in [0.25, 0.3) is 0 Å². The molecule has 1 heterocycles. The molecule has 0 radical (unpaired) electrons. The minimum atomic E-state index is -0.0941. The van der Waals surface area contributed by atoms with Crippen molar-refractivity contribution in [2.75, 3.05) is 32.6 Å². The number of guanidine groups is 1. The Balaban J connectivity index is 0.00000392. The van der Waals surface area contributed by atoms with E-state index in [-0.39, 0.29) is 29.9 Å². The van der Waals surface area contributed by atoms with Gasteiger partial charge in [0, 0.05) is 32.8 Å². The van der Waals surface area contributed by atoms with Crippen LogP contribution in [0.1, 0.15) is 17.5 Å². The number of rotatable bonds is 8. The number of methoxy groups -OCH3 is 1. The van der Waals surface area contributed by atoms with Gasteiger partial charge in [0.1, 0.15) is 11.6 Å². The zero-order chi connectivity index (χ0) is 19.5. The number of carbonyl (C=O) groups excluding carboxylic acids is 1. The second kappa shape index (κ2) is 12.9. The van der Waals surface area contributed by atoms with E-state index in [1.807, 2.05) is 37.3 Å². The first-order chi connectivity index (χ1) is 13.1. The van der Waals surface area contributed by atoms with Crippen LogP contribution in [0.5, 0.6) is 5.75 Å². The van der Waals surface area contributed by atoms with Gasteiger partial charge in [0.2, 0.25) is 5.91 Å². The Bertz CT molecular complexity index is 765. The number of para-hydroxylation sites is 1. The molecule has 7 nitrogen and oxygen atoms in total. The van der Waals surface area contributed by atoms with E-state index in [2.05, 4.69) is 25.9 Å². The summed E-state index contributed by atoms with van der Waals surface area (Å²) < 4.78 is 5.35. The van der Waals surface area contributed by atoms with Gasteiger partial charge in [0.25, 0.3) is 0 Å². The summed E-state index contributed by atoms with van der Waals surface area (Å²) in [5, 5.41) is 9.15. The molecule has 1 amide bonds. The minimum absolute atomic E-state index is 0. The summed E-state index contributed by atoms with van der Waals surface area (Å²) in [6, 6.07) is 11.6. The summed E-state index contributed by atoms with van der Waals surface area (Å²) in [4.78, 5) is 20.3. The van der Waals surface area contributed by atoms with Crippen molar-refractivity contribution in [1.29, 1.82) is 0 Å². The van der Waals surface area contributed by atoms with Crippen LogP contribution >= 0.6 is 24.0 Å². The maximum absolute atomic E-state index is 12.0. The highest BCUT2D eigenvalue weighted by Crippen LogP contribution is 2.17. The summed E-state index contributed by atoms with van der Waals surface area (Å²) in [5.41, 5.74) is 2.19. The quantitative estimate of drug-likeness (QED) is 0.297. The molecule has 0 aliphatic carbocycles. The smallest absolute Gasteiger partial charge is 0.227 e. The molecule has 3 N–H and O–H groups in total. The third-order valence-corrected chi connectivity index (χ3v) is 3.93. The Morgan fingerprint density at radius 2 is 1.89 bits per heavy atom. The largest absolute Gasteiger partial charge is 0.496 e. The standard InChI is InChI=1S/C20H27N5O2.HI/c1-15-8-9-18(24-14-15)25-19(26)11-13-23-20(21-2)22-12-10-16-6-4-5-7-17(16)27-3;/h4-9,14H,10-13H2,1-3H3,(H2,21,22,23)(H,24,25,26);1H. The number of halogens is 1. The molecular formula is C20H28IN5O2. The lowest BCUT2D eigenvalue weighted by atomic mass is 10.1. The van der Waals surface area contributed by atoms with E-state index in [0.29, 0.717) is 31.3 Å². The van der Waals surface area contributed by atoms with Gasteiger partial charge in [0.15, 0.2) is 5.96 Å². The first kappa shape index (κ1) is 23.7. The highest BCUT2D eigenvalue weighted by molar-refractivity contribution is 14.0. The van der Waals surface area contributed by atoms with Crippen molar-refractivity contribution < 1.29 is 9.53 Å². The molecule has 0 spiro atoms. The Kier molecular flexibility index (Phi) is 10.9. The molecule has 2 aromatic rings. The predicted octanol–water partition coefficient (Wildman–Crippen LogP) is 2.75. The molecule has 28 heavy (non-hydrogen) atoms. The van der Waals surface area contributed by atoms with Crippen molar-refractivity contribution in [2.45, 2.75) is 19.8 Å². The number of amides is 1. The SMILES string of the molecule is CN=C(NCCC(=O)Nc1ccc(C)cn1)NCCc1ccccc1OC.I. The number of anilines is 1. The van der Waals surface area contributed by atoms with Gasteiger partial charge in [-0.15, -0.1) is 24.0 Å². The van der Waals surface area contributed by atoms with Crippen LogP contribution in [-0.4, -0.2) is 44.1 Å². The molecule has 0 saturated heterocycles. The van der Waals surface area contributed by atoms with Crippen LogP contribution in [0.4, 0.5) is 5.82 Å². The van der Waals surface area contributed by atoms with Crippen LogP contribution in [-0.2, 0) is 11.2 Å². The van der Waals surface area contributed by atoms with Gasteiger partial charge in [-0.05, 0) is 36.6 Å². The van der Waals surface area contributed by atoms with Crippen LogP contribution in [0.2, 0.25) is 0 Å². The molecule has 2 rings (SSSR count). The molecule has 1 aromatic heterocycles. The minimum Gasteiger partial charge on any atom is -0.496 e. The fraction of sp³-hybridized carbons (Fsp3) is 0.350. The number of nitrogens with zero attached hydrogens (tertiary/aromatic N) is 2. The molecule has 0 unspecified atom stereocenters. The first-order valence-corrected chi connectivity index (χ1v) is 8.91. The van der Waals surface area contributed by atoms with Gasteiger partial charge in [-0.25, -0.2) is 4.98 Å². The zero-order valence-corrected chi connectivity index (χ0v) is 18.8. The van der Waals surface area contributed by atoms with E-state index in [1.165, 1.54) is 0 Å². The molecule has 0 bridgehead atoms. The Morgan fingerprint density at radius 1 is 1.14 bits per heavy atom. The van der Waals surface area contributed by atoms with Gasteiger partial charge < -0.3 is 20.7 Å². The van der Waals surface area contributed by atoms with Gasteiger partial charge in [-0.3, -0.25) is 9.79 Å². The maximum Gasteiger partial charge on any atom is 0.227 e. The van der Waals surface area contributed by atoms with Crippen LogP contribution < -0.4 is 20.7 Å². The fourth-order valence-electron chi connectivity index (χ4n) is 2.49. The van der Waals surface area contributed by atoms with E-state index in [9.17, 15) is 4.79 Å². The van der Waals surface area contributed by atoms with Gasteiger partial charge >= 0.3 is 0 Å². The first-order valence-electron chi connectivity index (χ1n) is 8.91. The Labute approximate surface area is 183 Å². The van der Waals surface area contributed by atoms with E-state index >= 15 is 0 Å². The number of carbonyl (C=O) groups is 1. The van der Waals surface area contributed by atoms with Crippen molar-refractivity contribution in [3.8, 4) is 5.75 Å². The van der Waals surface area contributed by atoms with Crippen LogP contribution in [0, 0.1) is 6.92 Å². The normalized spacial score (nSPS) is 10.6. The molecule has 0 atom stereocenters. The lowest BCUT2D eigenvalue weighted by molar-refractivity contribution is -0.116. The molecule has 152 valence electrons. The zero-order valence-electron chi connectivity index (χ0n) is 16.5. The third-order valence-electron chi connectivity index (χ3n) is 3.93. The number of aryl methyl sites for hydroxylation is 1. The molecule has 0 fully saturated rings. The summed E-state index contributed by atoms with van der Waals surface area (Å²) in [6.45, 7) is 3.14. The number of hydrogen-bond acceptors (Lipinski definition) is 4. The lowest BCUT2D eigenvalue weighted by Crippen LogP contribution is -2.39. The van der Waals surface area contributed by atoms with Gasteiger partial charge in [-0.1, -0.05) is 24.3 Å². The third kappa shape index (κ3) is 8.12. The second-order valence-corrected chi connectivity index (χ2v) is 6.01. The van der Waals surface area contributed by atoms with Crippen molar-refractivity contribution in [3.63, 3.8) is 0 Å². The van der Waals surface area contributed by atoms with E-state index in [1.54, 1.807) is 26.4 Å². The maximum atomic E-state index is 12.0. The Hall–Kier alpha value is -2.36. The summed E-state index contributed by atoms with van der Waals surface area (Å²) in [6.07, 6.45) is 2.86. The number of ether oxygens (including phenoxy) is 1. The second-order valence-electron chi connectivity index (χ2n) is 6.01. The number of pyridine rings is 1. The highest BCUT2D eigenvalue weighted by atomic mass is 127. The number of hydrogen-bond donors (Lipinski definition) is 3. The van der Waals surface area contributed by atoms with Crippen LogP contribution in [0.3, 0.4) is 0 Å². The monoisotopic (exact) mass is 497 g/mol. The average molecular weight is 497 g/mol. The topological polar surface area (TPSA) is 87.6 Å². The predicted molar refractivity (Wildman–Crippen MR) is 124 cm³/mol. The van der Waals surface area contributed by atoms with E-state index in [0.717, 1.165) is 23.3 Å². The van der Waals surface area contributed by atoms with Gasteiger partial charge in [-0.2, -0.15) is 0 Å². The Morgan fingerprint density at radius 3 is 2.57 bits per heavy atom. The molecule has 1 aromatic carbocycles. The van der Waals surface area contributed by atoms with Gasteiger partial charge in [0.05, 0.1) is 7.11 Å². The molecule has 0 aliphatic rings. The average Bonchev–Trinajstić information content (AvgIpc) is 2.69. The van der Waals surface area contributed by atoms with Crippen molar-refractivity contribution in [3.05, 3.63) is 53.7 Å².